The molecule has 1 aromatic carbocycles. The van der Waals surface area contributed by atoms with Crippen molar-refractivity contribution in [3.8, 4) is 5.69 Å². The van der Waals surface area contributed by atoms with Gasteiger partial charge in [0, 0.05) is 36.8 Å². The lowest BCUT2D eigenvalue weighted by Crippen LogP contribution is -2.29. The van der Waals surface area contributed by atoms with Crippen LogP contribution < -0.4 is 5.32 Å². The zero-order valence-corrected chi connectivity index (χ0v) is 13.0. The highest BCUT2D eigenvalue weighted by molar-refractivity contribution is 5.94. The number of carbonyl (C=O) groups excluding carboxylic acids is 1. The van der Waals surface area contributed by atoms with Gasteiger partial charge in [-0.05, 0) is 55.2 Å². The third-order valence-electron chi connectivity index (χ3n) is 3.82. The van der Waals surface area contributed by atoms with Crippen LogP contribution in [-0.4, -0.2) is 28.7 Å². The minimum Gasteiger partial charge on any atom is -0.396 e. The number of amides is 1. The van der Waals surface area contributed by atoms with Crippen LogP contribution in [0.2, 0.25) is 0 Å². The number of benzene rings is 1. The first kappa shape index (κ1) is 16.3. The van der Waals surface area contributed by atoms with Crippen LogP contribution in [0, 0.1) is 5.92 Å². The molecule has 22 heavy (non-hydrogen) atoms. The molecule has 4 heteroatoms. The fraction of sp³-hybridized carbons (Fsp3) is 0.389. The maximum Gasteiger partial charge on any atom is 0.251 e. The number of carbonyl (C=O) groups is 1. The summed E-state index contributed by atoms with van der Waals surface area (Å²) in [6.45, 7) is 2.91. The van der Waals surface area contributed by atoms with Crippen molar-refractivity contribution in [3.63, 3.8) is 0 Å². The molecule has 0 spiro atoms. The molecule has 0 saturated heterocycles. The highest BCUT2D eigenvalue weighted by atomic mass is 16.3. The first-order chi connectivity index (χ1) is 10.7. The number of aliphatic hydroxyl groups is 1. The van der Waals surface area contributed by atoms with E-state index in [-0.39, 0.29) is 12.5 Å². The Kier molecular flexibility index (Phi) is 6.22. The first-order valence-corrected chi connectivity index (χ1v) is 7.87. The Morgan fingerprint density at radius 1 is 1.18 bits per heavy atom. The summed E-state index contributed by atoms with van der Waals surface area (Å²) < 4.78 is 2.00. The van der Waals surface area contributed by atoms with Gasteiger partial charge in [-0.15, -0.1) is 0 Å². The van der Waals surface area contributed by atoms with Gasteiger partial charge in [-0.1, -0.05) is 13.3 Å². The maximum absolute atomic E-state index is 12.2. The van der Waals surface area contributed by atoms with Gasteiger partial charge in [0.1, 0.15) is 0 Å². The Labute approximate surface area is 131 Å². The Balaban J connectivity index is 1.92. The average Bonchev–Trinajstić information content (AvgIpc) is 3.07. The van der Waals surface area contributed by atoms with Crippen LogP contribution in [0.3, 0.4) is 0 Å². The molecule has 1 aromatic heterocycles. The van der Waals surface area contributed by atoms with Gasteiger partial charge in [0.2, 0.25) is 0 Å². The summed E-state index contributed by atoms with van der Waals surface area (Å²) in [6, 6.07) is 11.5. The minimum absolute atomic E-state index is 0.0573. The topological polar surface area (TPSA) is 54.3 Å². The smallest absolute Gasteiger partial charge is 0.251 e. The Morgan fingerprint density at radius 2 is 1.86 bits per heavy atom. The fourth-order valence-corrected chi connectivity index (χ4v) is 2.57. The lowest BCUT2D eigenvalue weighted by Gasteiger charge is -2.15. The molecule has 2 rings (SSSR count). The molecule has 1 amide bonds. The predicted molar refractivity (Wildman–Crippen MR) is 88.2 cm³/mol. The summed E-state index contributed by atoms with van der Waals surface area (Å²) in [5.74, 6) is 0.288. The first-order valence-electron chi connectivity index (χ1n) is 7.87. The van der Waals surface area contributed by atoms with Gasteiger partial charge in [-0.3, -0.25) is 4.79 Å². The van der Waals surface area contributed by atoms with E-state index in [0.717, 1.165) is 24.9 Å². The number of nitrogens with zero attached hydrogens (tertiary/aromatic N) is 1. The van der Waals surface area contributed by atoms with E-state index in [1.54, 1.807) is 0 Å². The zero-order chi connectivity index (χ0) is 15.8. The summed E-state index contributed by atoms with van der Waals surface area (Å²) in [7, 11) is 0. The van der Waals surface area contributed by atoms with Gasteiger partial charge in [0.05, 0.1) is 0 Å². The second-order valence-electron chi connectivity index (χ2n) is 5.51. The van der Waals surface area contributed by atoms with E-state index in [2.05, 4.69) is 12.2 Å². The number of nitrogens with one attached hydrogen (secondary N) is 1. The highest BCUT2D eigenvalue weighted by Crippen LogP contribution is 2.12. The SMILES string of the molecule is CCCC(CCO)CNC(=O)c1ccc(-n2cccc2)cc1. The molecule has 0 saturated carbocycles. The molecule has 0 fully saturated rings. The van der Waals surface area contributed by atoms with E-state index in [4.69, 9.17) is 5.11 Å². The molecule has 1 unspecified atom stereocenters. The van der Waals surface area contributed by atoms with Gasteiger partial charge >= 0.3 is 0 Å². The van der Waals surface area contributed by atoms with Gasteiger partial charge < -0.3 is 15.0 Å². The molecule has 4 nitrogen and oxygen atoms in total. The van der Waals surface area contributed by atoms with E-state index in [9.17, 15) is 4.79 Å². The van der Waals surface area contributed by atoms with Crippen molar-refractivity contribution in [3.05, 3.63) is 54.4 Å². The quantitative estimate of drug-likeness (QED) is 0.787. The molecule has 0 aliphatic rings. The molecule has 0 radical (unpaired) electrons. The highest BCUT2D eigenvalue weighted by Gasteiger charge is 2.10. The molecule has 1 atom stereocenters. The fourth-order valence-electron chi connectivity index (χ4n) is 2.57. The molecule has 0 bridgehead atoms. The summed E-state index contributed by atoms with van der Waals surface area (Å²) in [5.41, 5.74) is 1.70. The molecule has 118 valence electrons. The normalized spacial score (nSPS) is 12.1. The number of hydrogen-bond donors (Lipinski definition) is 2. The minimum atomic E-state index is -0.0573. The zero-order valence-electron chi connectivity index (χ0n) is 13.0. The Bertz CT molecular complexity index is 555. The van der Waals surface area contributed by atoms with Gasteiger partial charge in [0.15, 0.2) is 0 Å². The van der Waals surface area contributed by atoms with E-state index in [0.29, 0.717) is 18.0 Å². The van der Waals surface area contributed by atoms with Crippen LogP contribution in [0.5, 0.6) is 0 Å². The predicted octanol–water partition coefficient (Wildman–Crippen LogP) is 3.01. The maximum atomic E-state index is 12.2. The molecule has 2 aromatic rings. The number of hydrogen-bond acceptors (Lipinski definition) is 2. The van der Waals surface area contributed by atoms with E-state index in [1.165, 1.54) is 0 Å². The van der Waals surface area contributed by atoms with Crippen molar-refractivity contribution in [2.75, 3.05) is 13.2 Å². The lowest BCUT2D eigenvalue weighted by molar-refractivity contribution is 0.0943. The molecular formula is C18H24N2O2. The lowest BCUT2D eigenvalue weighted by atomic mass is 10.00. The second-order valence-corrected chi connectivity index (χ2v) is 5.51. The third kappa shape index (κ3) is 4.46. The van der Waals surface area contributed by atoms with E-state index in [1.807, 2.05) is 53.4 Å². The monoisotopic (exact) mass is 300 g/mol. The summed E-state index contributed by atoms with van der Waals surface area (Å²) in [4.78, 5) is 12.2. The second kappa shape index (κ2) is 8.39. The van der Waals surface area contributed by atoms with Gasteiger partial charge in [-0.2, -0.15) is 0 Å². The molecule has 2 N–H and O–H groups in total. The van der Waals surface area contributed by atoms with Crippen LogP contribution in [0.25, 0.3) is 5.69 Å². The standard InChI is InChI=1S/C18H24N2O2/c1-2-5-15(10-13-21)14-19-18(22)16-6-8-17(9-7-16)20-11-3-4-12-20/h3-4,6-9,11-12,15,21H,2,5,10,13-14H2,1H3,(H,19,22). The third-order valence-corrected chi connectivity index (χ3v) is 3.82. The van der Waals surface area contributed by atoms with Gasteiger partial charge in [0.25, 0.3) is 5.91 Å². The Morgan fingerprint density at radius 3 is 2.45 bits per heavy atom. The van der Waals surface area contributed by atoms with Crippen molar-refractivity contribution >= 4 is 5.91 Å². The van der Waals surface area contributed by atoms with Crippen LogP contribution >= 0.6 is 0 Å². The Hall–Kier alpha value is -2.07. The summed E-state index contributed by atoms with van der Waals surface area (Å²) in [5, 5.41) is 12.0. The van der Waals surface area contributed by atoms with Crippen LogP contribution in [0.15, 0.2) is 48.8 Å². The van der Waals surface area contributed by atoms with Gasteiger partial charge in [-0.25, -0.2) is 0 Å². The largest absolute Gasteiger partial charge is 0.396 e. The molecule has 1 heterocycles. The summed E-state index contributed by atoms with van der Waals surface area (Å²) >= 11 is 0. The van der Waals surface area contributed by atoms with Crippen molar-refractivity contribution in [2.24, 2.45) is 5.92 Å². The van der Waals surface area contributed by atoms with Crippen LogP contribution in [-0.2, 0) is 0 Å². The van der Waals surface area contributed by atoms with E-state index >= 15 is 0 Å². The average molecular weight is 300 g/mol. The summed E-state index contributed by atoms with van der Waals surface area (Å²) in [6.07, 6.45) is 6.76. The number of aliphatic hydroxyl groups excluding tert-OH is 1. The number of rotatable bonds is 8. The van der Waals surface area contributed by atoms with Crippen LogP contribution in [0.1, 0.15) is 36.5 Å². The molecular weight excluding hydrogens is 276 g/mol. The number of aromatic nitrogens is 1. The van der Waals surface area contributed by atoms with Crippen molar-refractivity contribution in [1.29, 1.82) is 0 Å². The van der Waals surface area contributed by atoms with Crippen molar-refractivity contribution < 1.29 is 9.90 Å². The van der Waals surface area contributed by atoms with Crippen molar-refractivity contribution in [1.82, 2.24) is 9.88 Å². The van der Waals surface area contributed by atoms with Crippen LogP contribution in [0.4, 0.5) is 0 Å². The molecule has 0 aliphatic carbocycles. The van der Waals surface area contributed by atoms with E-state index < -0.39 is 0 Å². The van der Waals surface area contributed by atoms with Crippen molar-refractivity contribution in [2.45, 2.75) is 26.2 Å². The molecule has 0 aliphatic heterocycles.